The molecule has 1 N–H and O–H groups in total. The van der Waals surface area contributed by atoms with E-state index in [9.17, 15) is 0 Å². The van der Waals surface area contributed by atoms with Gasteiger partial charge in [-0.1, -0.05) is 0 Å². The van der Waals surface area contributed by atoms with Gasteiger partial charge in [0.2, 0.25) is 0 Å². The quantitative estimate of drug-likeness (QED) is 0.728. The molecule has 3 nitrogen and oxygen atoms in total. The standard InChI is InChI=1S/C9H16N2OS/c1-13-9(8-10)2-4-11(5-3-9)6-7-12/h12H,2-7H2,1H3. The molecule has 1 saturated heterocycles. The molecule has 1 aliphatic heterocycles. The smallest absolute Gasteiger partial charge is 0.104 e. The molecule has 0 aliphatic carbocycles. The van der Waals surface area contributed by atoms with Crippen LogP contribution in [0.15, 0.2) is 0 Å². The lowest BCUT2D eigenvalue weighted by molar-refractivity contribution is 0.167. The molecule has 1 rings (SSSR count). The minimum atomic E-state index is -0.161. The third-order valence-corrected chi connectivity index (χ3v) is 3.96. The molecule has 0 aromatic carbocycles. The van der Waals surface area contributed by atoms with E-state index in [1.165, 1.54) is 0 Å². The Kier molecular flexibility index (Phi) is 4.04. The topological polar surface area (TPSA) is 47.3 Å². The van der Waals surface area contributed by atoms with Crippen molar-refractivity contribution in [1.29, 1.82) is 5.26 Å². The molecule has 1 aliphatic rings. The van der Waals surface area contributed by atoms with Gasteiger partial charge in [-0.15, -0.1) is 11.8 Å². The maximum Gasteiger partial charge on any atom is 0.104 e. The van der Waals surface area contributed by atoms with Crippen molar-refractivity contribution in [2.45, 2.75) is 17.6 Å². The van der Waals surface area contributed by atoms with Gasteiger partial charge in [-0.25, -0.2) is 0 Å². The summed E-state index contributed by atoms with van der Waals surface area (Å²) in [7, 11) is 0. The minimum Gasteiger partial charge on any atom is -0.395 e. The number of likely N-dealkylation sites (tertiary alicyclic amines) is 1. The number of β-amino-alcohol motifs (C(OH)–C–C–N with tert-alkyl or cyclic N) is 1. The number of rotatable bonds is 3. The molecule has 74 valence electrons. The molecule has 0 bridgehead atoms. The molecule has 0 aromatic heterocycles. The molecule has 4 heteroatoms. The highest BCUT2D eigenvalue weighted by Crippen LogP contribution is 2.33. The van der Waals surface area contributed by atoms with Gasteiger partial charge in [0, 0.05) is 19.6 Å². The van der Waals surface area contributed by atoms with Gasteiger partial charge in [0.1, 0.15) is 4.75 Å². The molecule has 0 spiro atoms. The Hall–Kier alpha value is -0.240. The minimum absolute atomic E-state index is 0.161. The number of hydrogen-bond acceptors (Lipinski definition) is 4. The third-order valence-electron chi connectivity index (χ3n) is 2.67. The molecule has 0 unspecified atom stereocenters. The highest BCUT2D eigenvalue weighted by molar-refractivity contribution is 8.00. The zero-order valence-corrected chi connectivity index (χ0v) is 8.81. The van der Waals surface area contributed by atoms with E-state index < -0.39 is 0 Å². The molecule has 0 saturated carbocycles. The van der Waals surface area contributed by atoms with Crippen LogP contribution in [0.4, 0.5) is 0 Å². The number of hydrogen-bond donors (Lipinski definition) is 1. The summed E-state index contributed by atoms with van der Waals surface area (Å²) in [4.78, 5) is 2.21. The van der Waals surface area contributed by atoms with Gasteiger partial charge in [-0.2, -0.15) is 5.26 Å². The Morgan fingerprint density at radius 1 is 1.54 bits per heavy atom. The van der Waals surface area contributed by atoms with Crippen molar-refractivity contribution in [1.82, 2.24) is 4.90 Å². The third kappa shape index (κ3) is 2.60. The first kappa shape index (κ1) is 10.8. The summed E-state index contributed by atoms with van der Waals surface area (Å²) >= 11 is 1.66. The molecule has 0 atom stereocenters. The summed E-state index contributed by atoms with van der Waals surface area (Å²) in [6.45, 7) is 2.85. The maximum absolute atomic E-state index is 9.02. The van der Waals surface area contributed by atoms with Crippen molar-refractivity contribution >= 4 is 11.8 Å². The summed E-state index contributed by atoms with van der Waals surface area (Å²) in [5, 5.41) is 17.8. The van der Waals surface area contributed by atoms with Gasteiger partial charge in [-0.05, 0) is 19.1 Å². The number of nitriles is 1. The highest BCUT2D eigenvalue weighted by atomic mass is 32.2. The highest BCUT2D eigenvalue weighted by Gasteiger charge is 2.33. The summed E-state index contributed by atoms with van der Waals surface area (Å²) in [6, 6.07) is 2.40. The predicted molar refractivity (Wildman–Crippen MR) is 54.6 cm³/mol. The van der Waals surface area contributed by atoms with Crippen molar-refractivity contribution in [2.75, 3.05) is 32.5 Å². The van der Waals surface area contributed by atoms with Gasteiger partial charge >= 0.3 is 0 Å². The van der Waals surface area contributed by atoms with E-state index in [1.54, 1.807) is 11.8 Å². The molecular formula is C9H16N2OS. The van der Waals surface area contributed by atoms with Crippen molar-refractivity contribution in [2.24, 2.45) is 0 Å². The predicted octanol–water partition coefficient (Wildman–Crippen LogP) is 0.700. The second-order valence-electron chi connectivity index (χ2n) is 3.38. The zero-order chi connectivity index (χ0) is 9.73. The van der Waals surface area contributed by atoms with Gasteiger partial charge in [0.25, 0.3) is 0 Å². The summed E-state index contributed by atoms with van der Waals surface area (Å²) in [5.41, 5.74) is 0. The van der Waals surface area contributed by atoms with Crippen LogP contribution in [-0.4, -0.2) is 47.3 Å². The van der Waals surface area contributed by atoms with Crippen LogP contribution in [0.3, 0.4) is 0 Å². The first-order valence-corrected chi connectivity index (χ1v) is 5.78. The lowest BCUT2D eigenvalue weighted by atomic mass is 9.97. The monoisotopic (exact) mass is 200 g/mol. The summed E-state index contributed by atoms with van der Waals surface area (Å²) < 4.78 is -0.161. The molecule has 1 heterocycles. The fourth-order valence-electron chi connectivity index (χ4n) is 1.64. The van der Waals surface area contributed by atoms with Crippen LogP contribution in [0.1, 0.15) is 12.8 Å². The molecule has 0 amide bonds. The Bertz CT molecular complexity index is 194. The van der Waals surface area contributed by atoms with Gasteiger partial charge in [-0.3, -0.25) is 0 Å². The van der Waals surface area contributed by atoms with Crippen molar-refractivity contribution in [3.63, 3.8) is 0 Å². The van der Waals surface area contributed by atoms with E-state index in [-0.39, 0.29) is 11.4 Å². The van der Waals surface area contributed by atoms with Gasteiger partial charge in [0.15, 0.2) is 0 Å². The van der Waals surface area contributed by atoms with Crippen LogP contribution in [0.5, 0.6) is 0 Å². The van der Waals surface area contributed by atoms with Crippen LogP contribution in [0.2, 0.25) is 0 Å². The summed E-state index contributed by atoms with van der Waals surface area (Å²) in [6.07, 6.45) is 3.85. The molecule has 0 aromatic rings. The van der Waals surface area contributed by atoms with Crippen LogP contribution in [0.25, 0.3) is 0 Å². The van der Waals surface area contributed by atoms with Gasteiger partial charge < -0.3 is 10.0 Å². The molecular weight excluding hydrogens is 184 g/mol. The van der Waals surface area contributed by atoms with E-state index in [0.717, 1.165) is 32.5 Å². The average Bonchev–Trinajstić information content (AvgIpc) is 2.20. The largest absolute Gasteiger partial charge is 0.395 e. The zero-order valence-electron chi connectivity index (χ0n) is 7.99. The molecule has 0 radical (unpaired) electrons. The normalized spacial score (nSPS) is 22.5. The number of aliphatic hydroxyl groups excluding tert-OH is 1. The fraction of sp³-hybridized carbons (Fsp3) is 0.889. The Morgan fingerprint density at radius 2 is 2.15 bits per heavy atom. The number of piperidine rings is 1. The van der Waals surface area contributed by atoms with E-state index >= 15 is 0 Å². The lowest BCUT2D eigenvalue weighted by Crippen LogP contribution is -2.42. The van der Waals surface area contributed by atoms with E-state index in [4.69, 9.17) is 10.4 Å². The van der Waals surface area contributed by atoms with Crippen molar-refractivity contribution < 1.29 is 5.11 Å². The Balaban J connectivity index is 2.42. The lowest BCUT2D eigenvalue weighted by Gasteiger charge is -2.35. The van der Waals surface area contributed by atoms with E-state index in [1.807, 2.05) is 6.26 Å². The first-order chi connectivity index (χ1) is 6.26. The van der Waals surface area contributed by atoms with Crippen molar-refractivity contribution in [3.05, 3.63) is 0 Å². The van der Waals surface area contributed by atoms with Crippen LogP contribution in [0, 0.1) is 11.3 Å². The van der Waals surface area contributed by atoms with Crippen LogP contribution < -0.4 is 0 Å². The Morgan fingerprint density at radius 3 is 2.54 bits per heavy atom. The number of thioether (sulfide) groups is 1. The number of nitrogens with zero attached hydrogens (tertiary/aromatic N) is 2. The fourth-order valence-corrected chi connectivity index (χ4v) is 2.32. The molecule has 1 fully saturated rings. The van der Waals surface area contributed by atoms with Gasteiger partial charge in [0.05, 0.1) is 12.7 Å². The Labute approximate surface area is 83.7 Å². The van der Waals surface area contributed by atoms with E-state index in [0.29, 0.717) is 0 Å². The number of aliphatic hydroxyl groups is 1. The summed E-state index contributed by atoms with van der Waals surface area (Å²) in [5.74, 6) is 0. The first-order valence-electron chi connectivity index (χ1n) is 4.56. The van der Waals surface area contributed by atoms with Crippen molar-refractivity contribution in [3.8, 4) is 6.07 Å². The van der Waals surface area contributed by atoms with E-state index in [2.05, 4.69) is 11.0 Å². The second-order valence-corrected chi connectivity index (χ2v) is 4.57. The molecule has 13 heavy (non-hydrogen) atoms. The second kappa shape index (κ2) is 4.85. The maximum atomic E-state index is 9.02. The average molecular weight is 200 g/mol. The van der Waals surface area contributed by atoms with Crippen LogP contribution in [-0.2, 0) is 0 Å². The van der Waals surface area contributed by atoms with Crippen LogP contribution >= 0.6 is 11.8 Å². The SMILES string of the molecule is CSC1(C#N)CCN(CCO)CC1.